The monoisotopic (exact) mass is 222 g/mol. The smallest absolute Gasteiger partial charge is 0.261 e. The topological polar surface area (TPSA) is 76.7 Å². The fourth-order valence-electron chi connectivity index (χ4n) is 1.48. The molecule has 16 heavy (non-hydrogen) atoms. The van der Waals surface area contributed by atoms with Gasteiger partial charge < -0.3 is 10.3 Å². The average Bonchev–Trinajstić information content (AvgIpc) is 2.64. The van der Waals surface area contributed by atoms with Gasteiger partial charge in [-0.05, 0) is 19.9 Å². The Morgan fingerprint density at radius 1 is 1.44 bits per heavy atom. The van der Waals surface area contributed by atoms with Gasteiger partial charge in [-0.1, -0.05) is 13.8 Å². The second kappa shape index (κ2) is 4.83. The van der Waals surface area contributed by atoms with Crippen molar-refractivity contribution >= 4 is 17.0 Å². The lowest BCUT2D eigenvalue weighted by Gasteiger charge is -2.07. The van der Waals surface area contributed by atoms with Crippen LogP contribution in [0.3, 0.4) is 0 Å². The number of nitrogen functional groups attached to an aromatic ring is 1. The lowest BCUT2D eigenvalue weighted by molar-refractivity contribution is 0.618. The molecule has 0 bridgehead atoms. The van der Waals surface area contributed by atoms with Gasteiger partial charge in [0.25, 0.3) is 5.56 Å². The van der Waals surface area contributed by atoms with Crippen LogP contribution in [0.15, 0.2) is 17.1 Å². The highest BCUT2D eigenvalue weighted by atomic mass is 16.1. The number of aromatic amines is 1. The molecule has 2 aromatic heterocycles. The van der Waals surface area contributed by atoms with Gasteiger partial charge in [0.05, 0.1) is 5.39 Å². The Kier molecular flexibility index (Phi) is 3.71. The third kappa shape index (κ3) is 2.08. The van der Waals surface area contributed by atoms with Crippen molar-refractivity contribution in [1.29, 1.82) is 0 Å². The van der Waals surface area contributed by atoms with E-state index in [1.165, 1.54) is 0 Å². The molecule has 0 fully saturated rings. The van der Waals surface area contributed by atoms with E-state index in [0.717, 1.165) is 0 Å². The van der Waals surface area contributed by atoms with Gasteiger partial charge in [-0.15, -0.1) is 0 Å². The fraction of sp³-hybridized carbons (Fsp3) is 0.455. The van der Waals surface area contributed by atoms with Crippen molar-refractivity contribution in [2.75, 3.05) is 5.73 Å². The molecular formula is C11H18N4O. The number of anilines is 1. The minimum absolute atomic E-state index is 0.156. The van der Waals surface area contributed by atoms with E-state index in [4.69, 9.17) is 5.73 Å². The Hall–Kier alpha value is -1.78. The zero-order valence-electron chi connectivity index (χ0n) is 10.1. The number of hydrogen-bond acceptors (Lipinski definition) is 3. The number of nitrogens with two attached hydrogens (primary N) is 1. The van der Waals surface area contributed by atoms with Gasteiger partial charge in [0, 0.05) is 12.2 Å². The summed E-state index contributed by atoms with van der Waals surface area (Å²) in [7, 11) is 0. The number of nitrogens with one attached hydrogen (secondary N) is 1. The molecule has 0 amide bonds. The summed E-state index contributed by atoms with van der Waals surface area (Å²) in [4.78, 5) is 18.0. The summed E-state index contributed by atoms with van der Waals surface area (Å²) in [6.07, 6.45) is 1.84. The molecule has 2 aromatic rings. The van der Waals surface area contributed by atoms with E-state index >= 15 is 0 Å². The molecule has 0 radical (unpaired) electrons. The number of hydrogen-bond donors (Lipinski definition) is 2. The molecule has 5 heteroatoms. The third-order valence-electron chi connectivity index (χ3n) is 2.16. The molecule has 0 saturated heterocycles. The van der Waals surface area contributed by atoms with Crippen LogP contribution in [0.1, 0.15) is 33.7 Å². The molecule has 3 N–H and O–H groups in total. The summed E-state index contributed by atoms with van der Waals surface area (Å²) in [6.45, 7) is 8.05. The van der Waals surface area contributed by atoms with E-state index in [9.17, 15) is 4.79 Å². The first-order valence-electron chi connectivity index (χ1n) is 5.46. The summed E-state index contributed by atoms with van der Waals surface area (Å²) in [6, 6.07) is 2.02. The summed E-state index contributed by atoms with van der Waals surface area (Å²) < 4.78 is 1.92. The van der Waals surface area contributed by atoms with Crippen molar-refractivity contribution < 1.29 is 0 Å². The Bertz CT molecular complexity index is 524. The van der Waals surface area contributed by atoms with Gasteiger partial charge in [-0.3, -0.25) is 9.78 Å². The zero-order valence-corrected chi connectivity index (χ0v) is 10.1. The van der Waals surface area contributed by atoms with Crippen LogP contribution < -0.4 is 11.3 Å². The van der Waals surface area contributed by atoms with E-state index in [1.54, 1.807) is 6.07 Å². The number of rotatable bonds is 1. The highest BCUT2D eigenvalue weighted by Crippen LogP contribution is 2.14. The van der Waals surface area contributed by atoms with Crippen LogP contribution in [-0.2, 0) is 0 Å². The number of fused-ring (bicyclic) bond motifs is 1. The highest BCUT2D eigenvalue weighted by Gasteiger charge is 2.08. The molecule has 0 atom stereocenters. The van der Waals surface area contributed by atoms with E-state index in [0.29, 0.717) is 11.0 Å². The summed E-state index contributed by atoms with van der Waals surface area (Å²) in [5, 5.41) is 0.577. The predicted molar refractivity (Wildman–Crippen MR) is 66.5 cm³/mol. The number of H-pyrrole nitrogens is 1. The van der Waals surface area contributed by atoms with Gasteiger partial charge in [0.1, 0.15) is 5.65 Å². The molecule has 2 heterocycles. The average molecular weight is 222 g/mol. The van der Waals surface area contributed by atoms with Crippen LogP contribution in [0.25, 0.3) is 11.0 Å². The highest BCUT2D eigenvalue weighted by molar-refractivity contribution is 5.76. The second-order valence-electron chi connectivity index (χ2n) is 3.51. The summed E-state index contributed by atoms with van der Waals surface area (Å²) in [5.74, 6) is 0.156. The van der Waals surface area contributed by atoms with E-state index < -0.39 is 0 Å². The number of nitrogens with zero attached hydrogens (tertiary/aromatic N) is 2. The molecule has 88 valence electrons. The van der Waals surface area contributed by atoms with Crippen LogP contribution in [0.5, 0.6) is 0 Å². The SMILES string of the molecule is CC.CC(C)n1ccc2c(=O)[nH]c(N)nc21. The van der Waals surface area contributed by atoms with Crippen LogP contribution in [0.2, 0.25) is 0 Å². The Balaban J connectivity index is 0.000000606. The summed E-state index contributed by atoms with van der Waals surface area (Å²) in [5.41, 5.74) is 5.92. The quantitative estimate of drug-likeness (QED) is 0.773. The maximum absolute atomic E-state index is 11.4. The molecule has 0 aliphatic carbocycles. The molecule has 0 aromatic carbocycles. The van der Waals surface area contributed by atoms with Gasteiger partial charge in [0.15, 0.2) is 0 Å². The fourth-order valence-corrected chi connectivity index (χ4v) is 1.48. The van der Waals surface area contributed by atoms with Crippen LogP contribution >= 0.6 is 0 Å². The first-order chi connectivity index (χ1) is 7.59. The van der Waals surface area contributed by atoms with E-state index in [1.807, 2.05) is 38.5 Å². The van der Waals surface area contributed by atoms with E-state index in [-0.39, 0.29) is 17.5 Å². The predicted octanol–water partition coefficient (Wildman–Crippen LogP) is 1.91. The minimum atomic E-state index is -0.188. The van der Waals surface area contributed by atoms with Crippen molar-refractivity contribution in [3.63, 3.8) is 0 Å². The minimum Gasteiger partial charge on any atom is -0.369 e. The Labute approximate surface area is 94.3 Å². The van der Waals surface area contributed by atoms with Gasteiger partial charge in [-0.2, -0.15) is 4.98 Å². The molecule has 5 nitrogen and oxygen atoms in total. The Morgan fingerprint density at radius 3 is 2.62 bits per heavy atom. The standard InChI is InChI=1S/C9H12N4O.C2H6/c1-5(2)13-4-3-6-7(13)11-9(10)12-8(6)14;1-2/h3-5H,1-2H3,(H3,10,11,12,14);1-2H3. The second-order valence-corrected chi connectivity index (χ2v) is 3.51. The lowest BCUT2D eigenvalue weighted by atomic mass is 10.4. The van der Waals surface area contributed by atoms with Gasteiger partial charge in [0.2, 0.25) is 5.95 Å². The first kappa shape index (κ1) is 12.3. The van der Waals surface area contributed by atoms with Crippen molar-refractivity contribution in [3.8, 4) is 0 Å². The molecule has 0 spiro atoms. The molecule has 0 unspecified atom stereocenters. The summed E-state index contributed by atoms with van der Waals surface area (Å²) >= 11 is 0. The van der Waals surface area contributed by atoms with Crippen molar-refractivity contribution in [1.82, 2.24) is 14.5 Å². The van der Waals surface area contributed by atoms with Crippen LogP contribution in [0.4, 0.5) is 5.95 Å². The van der Waals surface area contributed by atoms with Crippen molar-refractivity contribution in [2.24, 2.45) is 0 Å². The van der Waals surface area contributed by atoms with Gasteiger partial charge >= 0.3 is 0 Å². The van der Waals surface area contributed by atoms with Crippen LogP contribution in [0, 0.1) is 0 Å². The van der Waals surface area contributed by atoms with Crippen molar-refractivity contribution in [3.05, 3.63) is 22.6 Å². The molecule has 0 aliphatic rings. The third-order valence-corrected chi connectivity index (χ3v) is 2.16. The molecule has 2 rings (SSSR count). The molecular weight excluding hydrogens is 204 g/mol. The maximum atomic E-state index is 11.4. The van der Waals surface area contributed by atoms with Gasteiger partial charge in [-0.25, -0.2) is 0 Å². The first-order valence-corrected chi connectivity index (χ1v) is 5.46. The van der Waals surface area contributed by atoms with Crippen molar-refractivity contribution in [2.45, 2.75) is 33.7 Å². The number of aromatic nitrogens is 3. The van der Waals surface area contributed by atoms with E-state index in [2.05, 4.69) is 9.97 Å². The lowest BCUT2D eigenvalue weighted by Crippen LogP contribution is -2.12. The largest absolute Gasteiger partial charge is 0.369 e. The molecule has 0 saturated carbocycles. The normalized spacial score (nSPS) is 10.3. The zero-order chi connectivity index (χ0) is 12.3. The van der Waals surface area contributed by atoms with Crippen LogP contribution in [-0.4, -0.2) is 14.5 Å². The Morgan fingerprint density at radius 2 is 2.06 bits per heavy atom. The maximum Gasteiger partial charge on any atom is 0.261 e. The molecule has 0 aliphatic heterocycles.